The van der Waals surface area contributed by atoms with Crippen LogP contribution >= 0.6 is 0 Å². The number of nitrogens with one attached hydrogen (secondary N) is 1. The molecule has 0 aliphatic heterocycles. The molecule has 116 valence electrons. The second-order valence-electron chi connectivity index (χ2n) is 5.95. The van der Waals surface area contributed by atoms with Gasteiger partial charge in [0.1, 0.15) is 0 Å². The van der Waals surface area contributed by atoms with E-state index < -0.39 is 0 Å². The fourth-order valence-electron chi connectivity index (χ4n) is 2.61. The molecule has 22 heavy (non-hydrogen) atoms. The van der Waals surface area contributed by atoms with Crippen LogP contribution in [0.3, 0.4) is 0 Å². The lowest BCUT2D eigenvalue weighted by Gasteiger charge is -2.23. The number of rotatable bonds is 5. The summed E-state index contributed by atoms with van der Waals surface area (Å²) in [6.45, 7) is 2.79. The number of carbonyl (C=O) groups excluding carboxylic acids is 1. The van der Waals surface area contributed by atoms with Crippen LogP contribution in [0.2, 0.25) is 0 Å². The molecule has 2 amide bonds. The first-order valence-corrected chi connectivity index (χ1v) is 7.94. The van der Waals surface area contributed by atoms with Crippen LogP contribution in [-0.4, -0.2) is 21.5 Å². The molecule has 3 rings (SSSR count). The quantitative estimate of drug-likeness (QED) is 0.896. The second kappa shape index (κ2) is 6.26. The van der Waals surface area contributed by atoms with E-state index in [0.717, 1.165) is 30.6 Å². The number of benzene rings is 1. The third-order valence-corrected chi connectivity index (χ3v) is 4.25. The summed E-state index contributed by atoms with van der Waals surface area (Å²) in [6, 6.07) is 12.5. The maximum absolute atomic E-state index is 12.6. The van der Waals surface area contributed by atoms with Crippen LogP contribution in [0.1, 0.15) is 31.0 Å². The molecule has 1 aliphatic rings. The maximum atomic E-state index is 12.6. The monoisotopic (exact) mass is 297 g/mol. The van der Waals surface area contributed by atoms with Crippen molar-refractivity contribution in [2.45, 2.75) is 38.8 Å². The van der Waals surface area contributed by atoms with E-state index in [4.69, 9.17) is 0 Å². The van der Waals surface area contributed by atoms with Gasteiger partial charge in [-0.05, 0) is 49.1 Å². The Morgan fingerprint density at radius 2 is 2.00 bits per heavy atom. The summed E-state index contributed by atoms with van der Waals surface area (Å²) in [4.78, 5) is 14.5. The number of hydrogen-bond acceptors (Lipinski definition) is 1. The molecule has 0 spiro atoms. The normalized spacial score (nSPS) is 13.9. The van der Waals surface area contributed by atoms with Crippen molar-refractivity contribution >= 4 is 11.7 Å². The summed E-state index contributed by atoms with van der Waals surface area (Å²) in [6.07, 6.45) is 5.23. The van der Waals surface area contributed by atoms with Crippen molar-refractivity contribution in [2.75, 3.05) is 5.32 Å². The van der Waals surface area contributed by atoms with E-state index in [1.807, 2.05) is 36.3 Å². The molecular formula is C18H23N3O. The first kappa shape index (κ1) is 14.7. The van der Waals surface area contributed by atoms with Crippen LogP contribution in [0, 0.1) is 0 Å². The SMILES string of the molecule is CCc1ccc(NC(=O)N(Cc2cccn2C)C2CC2)cc1. The number of hydrogen-bond donors (Lipinski definition) is 1. The summed E-state index contributed by atoms with van der Waals surface area (Å²) in [7, 11) is 2.02. The Balaban J connectivity index is 1.68. The summed E-state index contributed by atoms with van der Waals surface area (Å²) in [5, 5.41) is 3.02. The average Bonchev–Trinajstić information content (AvgIpc) is 3.28. The molecule has 1 saturated carbocycles. The molecule has 1 fully saturated rings. The van der Waals surface area contributed by atoms with E-state index in [0.29, 0.717) is 12.6 Å². The molecule has 0 atom stereocenters. The molecule has 2 aromatic rings. The van der Waals surface area contributed by atoms with Crippen LogP contribution in [0.15, 0.2) is 42.6 Å². The van der Waals surface area contributed by atoms with Crippen LogP contribution in [0.25, 0.3) is 0 Å². The van der Waals surface area contributed by atoms with Crippen LogP contribution in [0.5, 0.6) is 0 Å². The number of aromatic nitrogens is 1. The first-order valence-electron chi connectivity index (χ1n) is 7.94. The first-order chi connectivity index (χ1) is 10.7. The molecule has 4 heteroatoms. The van der Waals surface area contributed by atoms with E-state index in [2.05, 4.69) is 35.0 Å². The summed E-state index contributed by atoms with van der Waals surface area (Å²) in [5.41, 5.74) is 3.30. The van der Waals surface area contributed by atoms with Crippen molar-refractivity contribution in [2.24, 2.45) is 7.05 Å². The van der Waals surface area contributed by atoms with Gasteiger partial charge in [-0.25, -0.2) is 4.79 Å². The van der Waals surface area contributed by atoms with Gasteiger partial charge in [0.25, 0.3) is 0 Å². The number of urea groups is 1. The van der Waals surface area contributed by atoms with Gasteiger partial charge in [-0.15, -0.1) is 0 Å². The molecule has 1 aromatic heterocycles. The summed E-state index contributed by atoms with van der Waals surface area (Å²) >= 11 is 0. The fraction of sp³-hybridized carbons (Fsp3) is 0.389. The number of amides is 2. The minimum atomic E-state index is -0.00653. The molecule has 1 heterocycles. The van der Waals surface area contributed by atoms with Crippen molar-refractivity contribution in [1.29, 1.82) is 0 Å². The van der Waals surface area contributed by atoms with Gasteiger partial charge in [0.15, 0.2) is 0 Å². The molecule has 1 aliphatic carbocycles. The van der Waals surface area contributed by atoms with Crippen molar-refractivity contribution in [1.82, 2.24) is 9.47 Å². The highest BCUT2D eigenvalue weighted by molar-refractivity contribution is 5.89. The highest BCUT2D eigenvalue weighted by Crippen LogP contribution is 2.29. The smallest absolute Gasteiger partial charge is 0.322 e. The molecule has 1 aromatic carbocycles. The Hall–Kier alpha value is -2.23. The predicted molar refractivity (Wildman–Crippen MR) is 88.8 cm³/mol. The maximum Gasteiger partial charge on any atom is 0.322 e. The van der Waals surface area contributed by atoms with Gasteiger partial charge in [0.05, 0.1) is 6.54 Å². The fourth-order valence-corrected chi connectivity index (χ4v) is 2.61. The molecular weight excluding hydrogens is 274 g/mol. The van der Waals surface area contributed by atoms with E-state index in [1.165, 1.54) is 5.56 Å². The third-order valence-electron chi connectivity index (χ3n) is 4.25. The highest BCUT2D eigenvalue weighted by atomic mass is 16.2. The Morgan fingerprint density at radius 1 is 1.27 bits per heavy atom. The standard InChI is InChI=1S/C18H23N3O/c1-3-14-6-8-15(9-7-14)19-18(22)21(16-10-11-16)13-17-5-4-12-20(17)2/h4-9,12,16H,3,10-11,13H2,1-2H3,(H,19,22). The zero-order valence-electron chi connectivity index (χ0n) is 13.2. The van der Waals surface area contributed by atoms with Crippen molar-refractivity contribution in [3.8, 4) is 0 Å². The van der Waals surface area contributed by atoms with Gasteiger partial charge < -0.3 is 14.8 Å². The van der Waals surface area contributed by atoms with E-state index in [1.54, 1.807) is 0 Å². The van der Waals surface area contributed by atoms with Gasteiger partial charge in [-0.2, -0.15) is 0 Å². The summed E-state index contributed by atoms with van der Waals surface area (Å²) < 4.78 is 2.07. The topological polar surface area (TPSA) is 37.3 Å². The molecule has 4 nitrogen and oxygen atoms in total. The largest absolute Gasteiger partial charge is 0.353 e. The number of nitrogens with zero attached hydrogens (tertiary/aromatic N) is 2. The van der Waals surface area contributed by atoms with E-state index in [9.17, 15) is 4.79 Å². The Labute approximate surface area is 131 Å². The molecule has 0 unspecified atom stereocenters. The Kier molecular flexibility index (Phi) is 4.18. The van der Waals surface area contributed by atoms with Gasteiger partial charge in [0.2, 0.25) is 0 Å². The van der Waals surface area contributed by atoms with E-state index >= 15 is 0 Å². The molecule has 0 saturated heterocycles. The third kappa shape index (κ3) is 3.32. The highest BCUT2D eigenvalue weighted by Gasteiger charge is 2.33. The van der Waals surface area contributed by atoms with Gasteiger partial charge in [-0.3, -0.25) is 0 Å². The summed E-state index contributed by atoms with van der Waals surface area (Å²) in [5.74, 6) is 0. The lowest BCUT2D eigenvalue weighted by Crippen LogP contribution is -2.36. The zero-order chi connectivity index (χ0) is 15.5. The Bertz CT molecular complexity index is 641. The van der Waals surface area contributed by atoms with Crippen molar-refractivity contribution < 1.29 is 4.79 Å². The Morgan fingerprint density at radius 3 is 2.55 bits per heavy atom. The van der Waals surface area contributed by atoms with Gasteiger partial charge in [-0.1, -0.05) is 19.1 Å². The average molecular weight is 297 g/mol. The predicted octanol–water partition coefficient (Wildman–Crippen LogP) is 3.78. The molecule has 0 bridgehead atoms. The van der Waals surface area contributed by atoms with Crippen molar-refractivity contribution in [3.05, 3.63) is 53.9 Å². The van der Waals surface area contributed by atoms with Crippen LogP contribution in [0.4, 0.5) is 10.5 Å². The zero-order valence-corrected chi connectivity index (χ0v) is 13.2. The number of carbonyl (C=O) groups is 1. The number of anilines is 1. The molecule has 1 N–H and O–H groups in total. The number of aryl methyl sites for hydroxylation is 2. The molecule has 0 radical (unpaired) electrons. The second-order valence-corrected chi connectivity index (χ2v) is 5.95. The minimum absolute atomic E-state index is 0.00653. The van der Waals surface area contributed by atoms with Gasteiger partial charge in [0, 0.05) is 30.7 Å². The van der Waals surface area contributed by atoms with E-state index in [-0.39, 0.29) is 6.03 Å². The van der Waals surface area contributed by atoms with Crippen molar-refractivity contribution in [3.63, 3.8) is 0 Å². The minimum Gasteiger partial charge on any atom is -0.353 e. The van der Waals surface area contributed by atoms with Gasteiger partial charge >= 0.3 is 6.03 Å². The van der Waals surface area contributed by atoms with Crippen LogP contribution < -0.4 is 5.32 Å². The van der Waals surface area contributed by atoms with Crippen LogP contribution in [-0.2, 0) is 20.0 Å². The lowest BCUT2D eigenvalue weighted by atomic mass is 10.1. The lowest BCUT2D eigenvalue weighted by molar-refractivity contribution is 0.205.